The van der Waals surface area contributed by atoms with Gasteiger partial charge in [-0.1, -0.05) is 24.3 Å². The molecule has 0 saturated carbocycles. The largest absolute Gasteiger partial charge is 0.493 e. The molecule has 0 radical (unpaired) electrons. The minimum absolute atomic E-state index is 0.0372. The van der Waals surface area contributed by atoms with E-state index in [9.17, 15) is 10.1 Å². The lowest BCUT2D eigenvalue weighted by Crippen LogP contribution is -2.26. The predicted molar refractivity (Wildman–Crippen MR) is 113 cm³/mol. The van der Waals surface area contributed by atoms with Crippen LogP contribution < -0.4 is 14.8 Å². The number of ether oxygens (including phenoxy) is 2. The molecule has 0 spiro atoms. The van der Waals surface area contributed by atoms with Gasteiger partial charge < -0.3 is 19.8 Å². The molecule has 2 aromatic carbocycles. The van der Waals surface area contributed by atoms with Gasteiger partial charge in [0.1, 0.15) is 11.6 Å². The number of rotatable bonds is 8. The average molecular weight is 389 g/mol. The van der Waals surface area contributed by atoms with Crippen LogP contribution in [0.1, 0.15) is 18.1 Å². The molecule has 1 amide bonds. The Balaban J connectivity index is 1.66. The lowest BCUT2D eigenvalue weighted by atomic mass is 10.1. The number of hydrogen-bond donors (Lipinski definition) is 2. The van der Waals surface area contributed by atoms with Gasteiger partial charge in [-0.3, -0.25) is 4.79 Å². The van der Waals surface area contributed by atoms with E-state index in [1.54, 1.807) is 31.4 Å². The number of aromatic amines is 1. The molecule has 148 valence electrons. The monoisotopic (exact) mass is 389 g/mol. The number of aromatic nitrogens is 1. The van der Waals surface area contributed by atoms with Crippen molar-refractivity contribution in [3.63, 3.8) is 0 Å². The van der Waals surface area contributed by atoms with E-state index in [-0.39, 0.29) is 5.57 Å². The smallest absolute Gasteiger partial charge is 0.261 e. The van der Waals surface area contributed by atoms with Gasteiger partial charge in [0.2, 0.25) is 0 Å². The highest BCUT2D eigenvalue weighted by atomic mass is 16.5. The van der Waals surface area contributed by atoms with Crippen LogP contribution in [0.4, 0.5) is 0 Å². The van der Waals surface area contributed by atoms with Crippen LogP contribution in [0.15, 0.2) is 54.2 Å². The summed E-state index contributed by atoms with van der Waals surface area (Å²) in [7, 11) is 1.55. The van der Waals surface area contributed by atoms with Crippen molar-refractivity contribution in [2.45, 2.75) is 13.3 Å². The molecule has 0 aliphatic heterocycles. The van der Waals surface area contributed by atoms with Crippen LogP contribution in [-0.2, 0) is 11.2 Å². The van der Waals surface area contributed by atoms with E-state index in [0.29, 0.717) is 36.6 Å². The Morgan fingerprint density at radius 2 is 2.07 bits per heavy atom. The normalized spacial score (nSPS) is 11.1. The van der Waals surface area contributed by atoms with Crippen LogP contribution in [-0.4, -0.2) is 31.2 Å². The molecule has 0 bridgehead atoms. The van der Waals surface area contributed by atoms with E-state index in [0.717, 1.165) is 16.5 Å². The van der Waals surface area contributed by atoms with Gasteiger partial charge in [-0.05, 0) is 48.7 Å². The van der Waals surface area contributed by atoms with E-state index in [2.05, 4.69) is 10.3 Å². The number of fused-ring (bicyclic) bond motifs is 1. The molecule has 0 aliphatic carbocycles. The van der Waals surface area contributed by atoms with E-state index in [1.807, 2.05) is 43.5 Å². The van der Waals surface area contributed by atoms with Crippen molar-refractivity contribution >= 4 is 22.9 Å². The third kappa shape index (κ3) is 4.77. The Morgan fingerprint density at radius 1 is 1.24 bits per heavy atom. The molecular weight excluding hydrogens is 366 g/mol. The summed E-state index contributed by atoms with van der Waals surface area (Å²) in [6.45, 7) is 2.85. The molecule has 6 nitrogen and oxygen atoms in total. The molecule has 1 heterocycles. The third-order valence-corrected chi connectivity index (χ3v) is 4.52. The van der Waals surface area contributed by atoms with E-state index < -0.39 is 5.91 Å². The van der Waals surface area contributed by atoms with Crippen LogP contribution in [0.25, 0.3) is 17.0 Å². The maximum absolute atomic E-state index is 12.4. The van der Waals surface area contributed by atoms with Crippen molar-refractivity contribution in [3.8, 4) is 17.6 Å². The summed E-state index contributed by atoms with van der Waals surface area (Å²) < 4.78 is 10.8. The number of nitriles is 1. The number of amides is 1. The number of nitrogens with zero attached hydrogens (tertiary/aromatic N) is 1. The summed E-state index contributed by atoms with van der Waals surface area (Å²) in [5, 5.41) is 13.4. The number of hydrogen-bond acceptors (Lipinski definition) is 4. The Morgan fingerprint density at radius 3 is 2.83 bits per heavy atom. The molecule has 29 heavy (non-hydrogen) atoms. The van der Waals surface area contributed by atoms with Crippen LogP contribution in [0.2, 0.25) is 0 Å². The number of para-hydroxylation sites is 1. The molecule has 6 heteroatoms. The van der Waals surface area contributed by atoms with E-state index in [4.69, 9.17) is 9.47 Å². The highest BCUT2D eigenvalue weighted by Crippen LogP contribution is 2.28. The lowest BCUT2D eigenvalue weighted by molar-refractivity contribution is -0.117. The molecule has 1 aromatic heterocycles. The molecule has 3 rings (SSSR count). The van der Waals surface area contributed by atoms with Crippen molar-refractivity contribution in [1.29, 1.82) is 5.26 Å². The second kappa shape index (κ2) is 9.47. The molecule has 2 N–H and O–H groups in total. The van der Waals surface area contributed by atoms with Gasteiger partial charge >= 0.3 is 0 Å². The lowest BCUT2D eigenvalue weighted by Gasteiger charge is -2.10. The van der Waals surface area contributed by atoms with Crippen molar-refractivity contribution in [3.05, 3.63) is 65.4 Å². The zero-order valence-electron chi connectivity index (χ0n) is 16.5. The highest BCUT2D eigenvalue weighted by Gasteiger charge is 2.11. The van der Waals surface area contributed by atoms with E-state index in [1.165, 1.54) is 0 Å². The standard InChI is InChI=1S/C23H23N3O3/c1-3-29-21-9-8-16(13-22(21)28-2)12-18(14-24)23(27)25-11-10-17-15-26-20-7-5-4-6-19(17)20/h4-9,12-13,15,26H,3,10-11H2,1-2H3,(H,25,27)/b18-12-. The fraction of sp³-hybridized carbons (Fsp3) is 0.217. The summed E-state index contributed by atoms with van der Waals surface area (Å²) in [6.07, 6.45) is 4.16. The maximum Gasteiger partial charge on any atom is 0.261 e. The van der Waals surface area contributed by atoms with Gasteiger partial charge in [-0.2, -0.15) is 5.26 Å². The minimum Gasteiger partial charge on any atom is -0.493 e. The van der Waals surface area contributed by atoms with Crippen molar-refractivity contribution in [2.24, 2.45) is 0 Å². The van der Waals surface area contributed by atoms with Crippen LogP contribution in [0.5, 0.6) is 11.5 Å². The zero-order valence-corrected chi connectivity index (χ0v) is 16.5. The topological polar surface area (TPSA) is 87.1 Å². The highest BCUT2D eigenvalue weighted by molar-refractivity contribution is 6.01. The Hall–Kier alpha value is -3.72. The van der Waals surface area contributed by atoms with E-state index >= 15 is 0 Å². The first kappa shape index (κ1) is 20.0. The molecule has 0 atom stereocenters. The molecule has 0 aliphatic rings. The third-order valence-electron chi connectivity index (χ3n) is 4.52. The maximum atomic E-state index is 12.4. The Bertz CT molecular complexity index is 1080. The summed E-state index contributed by atoms with van der Waals surface area (Å²) in [5.41, 5.74) is 2.92. The zero-order chi connectivity index (χ0) is 20.6. The van der Waals surface area contributed by atoms with Crippen molar-refractivity contribution in [2.75, 3.05) is 20.3 Å². The number of carbonyl (C=O) groups is 1. The first-order chi connectivity index (χ1) is 14.2. The predicted octanol–water partition coefficient (Wildman–Crippen LogP) is 3.84. The van der Waals surface area contributed by atoms with Gasteiger partial charge in [0.05, 0.1) is 13.7 Å². The molecular formula is C23H23N3O3. The van der Waals surface area contributed by atoms with Crippen molar-refractivity contribution < 1.29 is 14.3 Å². The van der Waals surface area contributed by atoms with Crippen LogP contribution >= 0.6 is 0 Å². The summed E-state index contributed by atoms with van der Waals surface area (Å²) in [4.78, 5) is 15.6. The Kier molecular flexibility index (Phi) is 6.54. The molecule has 3 aromatic rings. The second-order valence-corrected chi connectivity index (χ2v) is 6.38. The van der Waals surface area contributed by atoms with Gasteiger partial charge in [0.25, 0.3) is 5.91 Å². The van der Waals surface area contributed by atoms with Gasteiger partial charge in [0, 0.05) is 23.6 Å². The number of H-pyrrole nitrogens is 1. The van der Waals surface area contributed by atoms with Crippen molar-refractivity contribution in [1.82, 2.24) is 10.3 Å². The summed E-state index contributed by atoms with van der Waals surface area (Å²) >= 11 is 0. The number of methoxy groups -OCH3 is 1. The van der Waals surface area contributed by atoms with Crippen LogP contribution in [0.3, 0.4) is 0 Å². The minimum atomic E-state index is -0.403. The number of nitrogens with one attached hydrogen (secondary N) is 2. The molecule has 0 fully saturated rings. The number of carbonyl (C=O) groups excluding carboxylic acids is 1. The fourth-order valence-electron chi connectivity index (χ4n) is 3.11. The fourth-order valence-corrected chi connectivity index (χ4v) is 3.11. The van der Waals surface area contributed by atoms with Gasteiger partial charge in [-0.25, -0.2) is 0 Å². The van der Waals surface area contributed by atoms with Gasteiger partial charge in [-0.15, -0.1) is 0 Å². The van der Waals surface area contributed by atoms with Crippen LogP contribution in [0, 0.1) is 11.3 Å². The summed E-state index contributed by atoms with van der Waals surface area (Å²) in [6, 6.07) is 15.3. The Labute approximate surface area is 169 Å². The quantitative estimate of drug-likeness (QED) is 0.453. The van der Waals surface area contributed by atoms with Gasteiger partial charge in [0.15, 0.2) is 11.5 Å². The number of benzene rings is 2. The second-order valence-electron chi connectivity index (χ2n) is 6.38. The molecule has 0 saturated heterocycles. The first-order valence-corrected chi connectivity index (χ1v) is 9.42. The molecule has 0 unspecified atom stereocenters. The SMILES string of the molecule is CCOc1ccc(/C=C(/C#N)C(=O)NCCc2c[nH]c3ccccc23)cc1OC. The summed E-state index contributed by atoms with van der Waals surface area (Å²) in [5.74, 6) is 0.770. The average Bonchev–Trinajstić information content (AvgIpc) is 3.16. The first-order valence-electron chi connectivity index (χ1n) is 9.42.